The Kier molecular flexibility index (Phi) is 5.54. The summed E-state index contributed by atoms with van der Waals surface area (Å²) in [5, 5.41) is 0. The molecule has 0 saturated carbocycles. The quantitative estimate of drug-likeness (QED) is 0.769. The molecule has 1 rings (SSSR count). The van der Waals surface area contributed by atoms with Gasteiger partial charge in [-0.2, -0.15) is 11.8 Å². The maximum Gasteiger partial charge on any atom is 0.0891 e. The summed E-state index contributed by atoms with van der Waals surface area (Å²) in [6.07, 6.45) is 5.61. The summed E-state index contributed by atoms with van der Waals surface area (Å²) in [5.41, 5.74) is 5.88. The minimum atomic E-state index is 0.0707. The number of hydrogen-bond donors (Lipinski definition) is 1. The highest BCUT2D eigenvalue weighted by atomic mass is 32.2. The van der Waals surface area contributed by atoms with Gasteiger partial charge in [-0.1, -0.05) is 32.5 Å². The number of likely N-dealkylation sites (tertiary alicyclic amines) is 1. The van der Waals surface area contributed by atoms with Crippen molar-refractivity contribution in [3.63, 3.8) is 0 Å². The molecule has 0 aromatic rings. The van der Waals surface area contributed by atoms with Gasteiger partial charge in [-0.15, -0.1) is 0 Å². The van der Waals surface area contributed by atoms with Crippen molar-refractivity contribution in [3.05, 3.63) is 0 Å². The molecule has 1 saturated heterocycles. The Hall–Kier alpha value is 0.200. The van der Waals surface area contributed by atoms with Crippen molar-refractivity contribution in [2.75, 3.05) is 25.9 Å². The maximum absolute atomic E-state index is 5.88. The average Bonchev–Trinajstić information content (AvgIpc) is 2.29. The summed E-state index contributed by atoms with van der Waals surface area (Å²) in [4.78, 5) is 3.25. The third-order valence-electron chi connectivity index (χ3n) is 3.77. The van der Waals surface area contributed by atoms with Crippen molar-refractivity contribution >= 4 is 29.0 Å². The molecule has 94 valence electrons. The van der Waals surface area contributed by atoms with Gasteiger partial charge in [0.2, 0.25) is 0 Å². The summed E-state index contributed by atoms with van der Waals surface area (Å²) in [7, 11) is 0. The molecule has 0 bridgehead atoms. The molecule has 0 amide bonds. The van der Waals surface area contributed by atoms with Gasteiger partial charge >= 0.3 is 0 Å². The number of piperidine rings is 1. The first-order chi connectivity index (χ1) is 7.54. The minimum Gasteiger partial charge on any atom is -0.392 e. The van der Waals surface area contributed by atoms with Crippen molar-refractivity contribution in [1.29, 1.82) is 0 Å². The second kappa shape index (κ2) is 6.22. The number of hydrogen-bond acceptors (Lipinski definition) is 3. The van der Waals surface area contributed by atoms with Gasteiger partial charge < -0.3 is 10.6 Å². The number of nitrogens with zero attached hydrogens (tertiary/aromatic N) is 1. The van der Waals surface area contributed by atoms with Crippen LogP contribution in [0.2, 0.25) is 0 Å². The Morgan fingerprint density at radius 2 is 2.06 bits per heavy atom. The topological polar surface area (TPSA) is 29.3 Å². The molecule has 2 nitrogen and oxygen atoms in total. The number of thioether (sulfide) groups is 1. The summed E-state index contributed by atoms with van der Waals surface area (Å²) < 4.78 is 0.0707. The molecule has 16 heavy (non-hydrogen) atoms. The van der Waals surface area contributed by atoms with E-state index < -0.39 is 0 Å². The smallest absolute Gasteiger partial charge is 0.0891 e. The van der Waals surface area contributed by atoms with E-state index in [-0.39, 0.29) is 4.75 Å². The van der Waals surface area contributed by atoms with E-state index in [1.165, 1.54) is 13.0 Å². The van der Waals surface area contributed by atoms with Crippen LogP contribution in [0.1, 0.15) is 33.1 Å². The largest absolute Gasteiger partial charge is 0.392 e. The van der Waals surface area contributed by atoms with Crippen LogP contribution in [-0.2, 0) is 0 Å². The predicted molar refractivity (Wildman–Crippen MR) is 78.2 cm³/mol. The van der Waals surface area contributed by atoms with Gasteiger partial charge in [-0.05, 0) is 38.1 Å². The van der Waals surface area contributed by atoms with Crippen molar-refractivity contribution in [2.24, 2.45) is 11.7 Å². The third kappa shape index (κ3) is 3.34. The zero-order chi connectivity index (χ0) is 12.2. The van der Waals surface area contributed by atoms with E-state index in [0.29, 0.717) is 4.99 Å². The normalized spacial score (nSPS) is 22.9. The molecule has 0 spiro atoms. The number of rotatable bonds is 5. The predicted octanol–water partition coefficient (Wildman–Crippen LogP) is 2.52. The highest BCUT2D eigenvalue weighted by Gasteiger charge is 2.36. The first-order valence-electron chi connectivity index (χ1n) is 6.11. The SMILES string of the molecule is CCC(C)CN1CCC(SC)(C(N)=S)CC1. The van der Waals surface area contributed by atoms with E-state index in [1.807, 2.05) is 11.8 Å². The van der Waals surface area contributed by atoms with Crippen LogP contribution >= 0.6 is 24.0 Å². The van der Waals surface area contributed by atoms with E-state index >= 15 is 0 Å². The van der Waals surface area contributed by atoms with Gasteiger partial charge in [-0.3, -0.25) is 0 Å². The van der Waals surface area contributed by atoms with E-state index in [2.05, 4.69) is 25.0 Å². The molecule has 1 aliphatic heterocycles. The van der Waals surface area contributed by atoms with Gasteiger partial charge in [0.25, 0.3) is 0 Å². The lowest BCUT2D eigenvalue weighted by atomic mass is 9.94. The molecule has 4 heteroatoms. The Labute approximate surface area is 109 Å². The molecule has 1 heterocycles. The van der Waals surface area contributed by atoms with Crippen LogP contribution in [0.25, 0.3) is 0 Å². The molecule has 0 radical (unpaired) electrons. The fraction of sp³-hybridized carbons (Fsp3) is 0.917. The fourth-order valence-corrected chi connectivity index (χ4v) is 3.46. The molecular formula is C12H24N2S2. The number of thiocarbonyl (C=S) groups is 1. The van der Waals surface area contributed by atoms with Crippen molar-refractivity contribution in [2.45, 2.75) is 37.9 Å². The van der Waals surface area contributed by atoms with Crippen LogP contribution in [-0.4, -0.2) is 40.5 Å². The molecule has 1 aliphatic rings. The van der Waals surface area contributed by atoms with Crippen LogP contribution < -0.4 is 5.73 Å². The second-order valence-electron chi connectivity index (χ2n) is 4.88. The minimum absolute atomic E-state index is 0.0707. The molecule has 0 aliphatic carbocycles. The maximum atomic E-state index is 5.88. The highest BCUT2D eigenvalue weighted by molar-refractivity contribution is 8.01. The Morgan fingerprint density at radius 3 is 2.44 bits per heavy atom. The molecule has 2 N–H and O–H groups in total. The van der Waals surface area contributed by atoms with Crippen molar-refractivity contribution in [1.82, 2.24) is 4.90 Å². The Morgan fingerprint density at radius 1 is 1.50 bits per heavy atom. The van der Waals surface area contributed by atoms with E-state index in [4.69, 9.17) is 18.0 Å². The van der Waals surface area contributed by atoms with Crippen LogP contribution in [0.3, 0.4) is 0 Å². The highest BCUT2D eigenvalue weighted by Crippen LogP contribution is 2.35. The van der Waals surface area contributed by atoms with Crippen LogP contribution in [0, 0.1) is 5.92 Å². The van der Waals surface area contributed by atoms with Crippen molar-refractivity contribution < 1.29 is 0 Å². The molecule has 1 atom stereocenters. The van der Waals surface area contributed by atoms with Gasteiger partial charge in [0.05, 0.1) is 9.74 Å². The van der Waals surface area contributed by atoms with Crippen LogP contribution in [0.15, 0.2) is 0 Å². The summed E-state index contributed by atoms with van der Waals surface area (Å²) in [6, 6.07) is 0. The van der Waals surface area contributed by atoms with E-state index in [9.17, 15) is 0 Å². The lowest BCUT2D eigenvalue weighted by molar-refractivity contribution is 0.192. The van der Waals surface area contributed by atoms with E-state index in [1.54, 1.807) is 0 Å². The Bertz CT molecular complexity index is 235. The molecule has 0 aromatic carbocycles. The van der Waals surface area contributed by atoms with Gasteiger partial charge in [0, 0.05) is 6.54 Å². The molecule has 1 unspecified atom stereocenters. The summed E-state index contributed by atoms with van der Waals surface area (Å²) >= 11 is 7.05. The fourth-order valence-electron chi connectivity index (χ4n) is 2.22. The average molecular weight is 260 g/mol. The van der Waals surface area contributed by atoms with Gasteiger partial charge in [0.15, 0.2) is 0 Å². The molecule has 1 fully saturated rings. The number of nitrogens with two attached hydrogens (primary N) is 1. The monoisotopic (exact) mass is 260 g/mol. The van der Waals surface area contributed by atoms with Crippen molar-refractivity contribution in [3.8, 4) is 0 Å². The Balaban J connectivity index is 2.46. The van der Waals surface area contributed by atoms with Gasteiger partial charge in [-0.25, -0.2) is 0 Å². The second-order valence-corrected chi connectivity index (χ2v) is 6.51. The lowest BCUT2D eigenvalue weighted by Gasteiger charge is -2.40. The first kappa shape index (κ1) is 14.3. The standard InChI is InChI=1S/C12H24N2S2/c1-4-10(2)9-14-7-5-12(16-3,6-8-14)11(13)15/h10H,4-9H2,1-3H3,(H2,13,15). The van der Waals surface area contributed by atoms with E-state index in [0.717, 1.165) is 31.8 Å². The lowest BCUT2D eigenvalue weighted by Crippen LogP contribution is -2.49. The first-order valence-corrected chi connectivity index (χ1v) is 7.74. The zero-order valence-electron chi connectivity index (χ0n) is 10.7. The van der Waals surface area contributed by atoms with Crippen LogP contribution in [0.4, 0.5) is 0 Å². The zero-order valence-corrected chi connectivity index (χ0v) is 12.3. The third-order valence-corrected chi connectivity index (χ3v) is 5.70. The molecule has 0 aromatic heterocycles. The van der Waals surface area contributed by atoms with Gasteiger partial charge in [0.1, 0.15) is 0 Å². The summed E-state index contributed by atoms with van der Waals surface area (Å²) in [6.45, 7) is 8.09. The van der Waals surface area contributed by atoms with Crippen LogP contribution in [0.5, 0.6) is 0 Å². The summed E-state index contributed by atoms with van der Waals surface area (Å²) in [5.74, 6) is 0.798. The molecular weight excluding hydrogens is 236 g/mol.